The fraction of sp³-hybridized carbons (Fsp3) is 0. The minimum atomic E-state index is 0.946. The molecule has 0 N–H and O–H groups in total. The van der Waals surface area contributed by atoms with Crippen molar-refractivity contribution in [2.75, 3.05) is 0 Å². The molecule has 0 amide bonds. The second kappa shape index (κ2) is 7.52. The van der Waals surface area contributed by atoms with E-state index in [0.717, 1.165) is 31.1 Å². The van der Waals surface area contributed by atoms with Crippen LogP contribution in [-0.2, 0) is 0 Å². The third-order valence-electron chi connectivity index (χ3n) is 5.73. The Morgan fingerprint density at radius 3 is 1.35 bits per heavy atom. The van der Waals surface area contributed by atoms with Gasteiger partial charge < -0.3 is 0 Å². The largest absolute Gasteiger partial charge is 0.172 e. The lowest BCUT2D eigenvalue weighted by atomic mass is 9.93. The highest BCUT2D eigenvalue weighted by Crippen LogP contribution is 2.40. The van der Waals surface area contributed by atoms with E-state index in [0.29, 0.717) is 0 Å². The van der Waals surface area contributed by atoms with Crippen LogP contribution in [0.2, 0.25) is 0 Å². The van der Waals surface area contributed by atoms with Crippen LogP contribution >= 0.6 is 43.6 Å². The van der Waals surface area contributed by atoms with Gasteiger partial charge in [-0.2, -0.15) is 8.75 Å². The van der Waals surface area contributed by atoms with E-state index in [1.165, 1.54) is 44.4 Å². The first-order valence-corrected chi connectivity index (χ1v) is 12.1. The van der Waals surface area contributed by atoms with E-state index in [1.54, 1.807) is 0 Å². The molecular formula is C26H14Br2N2S. The van der Waals surface area contributed by atoms with Gasteiger partial charge in [0, 0.05) is 20.1 Å². The quantitative estimate of drug-likeness (QED) is 0.217. The first-order chi connectivity index (χ1) is 15.2. The second-order valence-corrected chi connectivity index (χ2v) is 9.64. The minimum Gasteiger partial charge on any atom is -0.172 e. The minimum absolute atomic E-state index is 0.946. The Balaban J connectivity index is 1.64. The summed E-state index contributed by atoms with van der Waals surface area (Å²) in [6, 6.07) is 29.8. The van der Waals surface area contributed by atoms with Crippen LogP contribution in [-0.4, -0.2) is 8.75 Å². The highest BCUT2D eigenvalue weighted by Gasteiger charge is 2.17. The standard InChI is InChI=1S/C26H14Br2N2S/c27-23-11-3-7-15-17(5-1-9-19(15)23)21-13-14-22(26-25(21)29-31-30-26)18-6-2-10-20-16(18)8-4-12-24(20)28/h1-14H. The molecule has 31 heavy (non-hydrogen) atoms. The molecule has 2 nitrogen and oxygen atoms in total. The lowest BCUT2D eigenvalue weighted by molar-refractivity contribution is 1.60. The summed E-state index contributed by atoms with van der Waals surface area (Å²) in [4.78, 5) is 0. The Hall–Kier alpha value is -2.60. The Labute approximate surface area is 200 Å². The Morgan fingerprint density at radius 2 is 0.871 bits per heavy atom. The van der Waals surface area contributed by atoms with Gasteiger partial charge in [0.1, 0.15) is 11.0 Å². The van der Waals surface area contributed by atoms with Gasteiger partial charge in [0.2, 0.25) is 0 Å². The maximum atomic E-state index is 4.72. The number of aromatic nitrogens is 2. The van der Waals surface area contributed by atoms with Gasteiger partial charge in [0.25, 0.3) is 0 Å². The molecule has 0 unspecified atom stereocenters. The molecule has 5 heteroatoms. The number of halogens is 2. The van der Waals surface area contributed by atoms with Gasteiger partial charge in [0.15, 0.2) is 0 Å². The van der Waals surface area contributed by atoms with E-state index in [1.807, 2.05) is 0 Å². The lowest BCUT2D eigenvalue weighted by Gasteiger charge is -2.12. The van der Waals surface area contributed by atoms with Crippen molar-refractivity contribution in [2.24, 2.45) is 0 Å². The fourth-order valence-corrected chi connectivity index (χ4v) is 5.88. The molecule has 0 fully saturated rings. The van der Waals surface area contributed by atoms with Crippen molar-refractivity contribution in [3.8, 4) is 22.3 Å². The molecule has 5 aromatic carbocycles. The maximum Gasteiger partial charge on any atom is 0.113 e. The summed E-state index contributed by atoms with van der Waals surface area (Å²) in [7, 11) is 0. The summed E-state index contributed by atoms with van der Waals surface area (Å²) in [5.74, 6) is 0. The third-order valence-corrected chi connectivity index (χ3v) is 7.64. The van der Waals surface area contributed by atoms with Crippen LogP contribution in [0.25, 0.3) is 54.8 Å². The SMILES string of the molecule is Brc1cccc2c(-c3ccc(-c4cccc5c(Br)cccc45)c4nsnc34)cccc12. The monoisotopic (exact) mass is 544 g/mol. The molecule has 1 heterocycles. The lowest BCUT2D eigenvalue weighted by Crippen LogP contribution is -1.88. The molecule has 148 valence electrons. The van der Waals surface area contributed by atoms with Gasteiger partial charge in [-0.1, -0.05) is 105 Å². The van der Waals surface area contributed by atoms with Crippen LogP contribution in [0, 0.1) is 0 Å². The van der Waals surface area contributed by atoms with E-state index in [9.17, 15) is 0 Å². The van der Waals surface area contributed by atoms with E-state index >= 15 is 0 Å². The molecule has 0 radical (unpaired) electrons. The van der Waals surface area contributed by atoms with Gasteiger partial charge in [-0.25, -0.2) is 0 Å². The summed E-state index contributed by atoms with van der Waals surface area (Å²) in [5, 5.41) is 4.79. The van der Waals surface area contributed by atoms with Crippen molar-refractivity contribution in [1.82, 2.24) is 8.75 Å². The number of nitrogens with zero attached hydrogens (tertiary/aromatic N) is 2. The van der Waals surface area contributed by atoms with Crippen molar-refractivity contribution in [2.45, 2.75) is 0 Å². The molecule has 0 saturated carbocycles. The van der Waals surface area contributed by atoms with Crippen LogP contribution in [0.3, 0.4) is 0 Å². The van der Waals surface area contributed by atoms with Crippen LogP contribution in [0.15, 0.2) is 93.9 Å². The van der Waals surface area contributed by atoms with Crippen LogP contribution in [0.4, 0.5) is 0 Å². The zero-order valence-corrected chi connectivity index (χ0v) is 20.1. The van der Waals surface area contributed by atoms with Crippen LogP contribution < -0.4 is 0 Å². The number of hydrogen-bond acceptors (Lipinski definition) is 3. The predicted molar refractivity (Wildman–Crippen MR) is 139 cm³/mol. The van der Waals surface area contributed by atoms with Crippen molar-refractivity contribution < 1.29 is 0 Å². The first kappa shape index (κ1) is 19.1. The number of fused-ring (bicyclic) bond motifs is 3. The highest BCUT2D eigenvalue weighted by atomic mass is 79.9. The summed E-state index contributed by atoms with van der Waals surface area (Å²) in [5.41, 5.74) is 6.45. The van der Waals surface area contributed by atoms with Crippen molar-refractivity contribution in [3.05, 3.63) is 93.9 Å². The molecule has 0 saturated heterocycles. The highest BCUT2D eigenvalue weighted by molar-refractivity contribution is 9.11. The molecule has 1 aromatic heterocycles. The zero-order valence-electron chi connectivity index (χ0n) is 16.1. The summed E-state index contributed by atoms with van der Waals surface area (Å²) >= 11 is 8.64. The molecule has 0 spiro atoms. The number of rotatable bonds is 2. The molecule has 6 rings (SSSR count). The summed E-state index contributed by atoms with van der Waals surface area (Å²) in [6.07, 6.45) is 0. The van der Waals surface area contributed by atoms with Crippen LogP contribution in [0.1, 0.15) is 0 Å². The van der Waals surface area contributed by atoms with E-state index < -0.39 is 0 Å². The first-order valence-electron chi connectivity index (χ1n) is 9.83. The van der Waals surface area contributed by atoms with E-state index in [-0.39, 0.29) is 0 Å². The van der Waals surface area contributed by atoms with Crippen molar-refractivity contribution >= 4 is 76.2 Å². The van der Waals surface area contributed by atoms with Gasteiger partial charge in [-0.05, 0) is 44.8 Å². The average Bonchev–Trinajstić information content (AvgIpc) is 3.29. The molecule has 0 aliphatic rings. The Bertz CT molecular complexity index is 1500. The average molecular weight is 546 g/mol. The zero-order chi connectivity index (χ0) is 20.9. The number of benzene rings is 5. The fourth-order valence-electron chi connectivity index (χ4n) is 4.31. The van der Waals surface area contributed by atoms with Gasteiger partial charge in [-0.15, -0.1) is 0 Å². The van der Waals surface area contributed by atoms with Crippen molar-refractivity contribution in [1.29, 1.82) is 0 Å². The molecular weight excluding hydrogens is 532 g/mol. The molecule has 0 atom stereocenters. The molecule has 0 aliphatic carbocycles. The van der Waals surface area contributed by atoms with E-state index in [2.05, 4.69) is 117 Å². The third kappa shape index (κ3) is 3.03. The smallest absolute Gasteiger partial charge is 0.113 e. The second-order valence-electron chi connectivity index (χ2n) is 7.40. The Morgan fingerprint density at radius 1 is 0.452 bits per heavy atom. The molecule has 0 aliphatic heterocycles. The molecule has 0 bridgehead atoms. The molecule has 6 aromatic rings. The summed E-state index contributed by atoms with van der Waals surface area (Å²) in [6.45, 7) is 0. The van der Waals surface area contributed by atoms with Gasteiger partial charge in [-0.3, -0.25) is 0 Å². The van der Waals surface area contributed by atoms with Crippen molar-refractivity contribution in [3.63, 3.8) is 0 Å². The van der Waals surface area contributed by atoms with Gasteiger partial charge >= 0.3 is 0 Å². The Kier molecular flexibility index (Phi) is 4.64. The normalized spacial score (nSPS) is 11.5. The number of hydrogen-bond donors (Lipinski definition) is 0. The van der Waals surface area contributed by atoms with Crippen LogP contribution in [0.5, 0.6) is 0 Å². The maximum absolute atomic E-state index is 4.72. The van der Waals surface area contributed by atoms with E-state index in [4.69, 9.17) is 8.75 Å². The summed E-state index contributed by atoms with van der Waals surface area (Å²) < 4.78 is 11.6. The topological polar surface area (TPSA) is 25.8 Å². The predicted octanol–water partition coefficient (Wildman–Crippen LogP) is 8.86. The van der Waals surface area contributed by atoms with Gasteiger partial charge in [0.05, 0.1) is 11.7 Å².